The fourth-order valence-corrected chi connectivity index (χ4v) is 2.31. The first-order valence-electron chi connectivity index (χ1n) is 8.09. The second kappa shape index (κ2) is 10.2. The summed E-state index contributed by atoms with van der Waals surface area (Å²) >= 11 is 6.04. The van der Waals surface area contributed by atoms with Crippen molar-refractivity contribution in [3.05, 3.63) is 64.2 Å². The van der Waals surface area contributed by atoms with Crippen molar-refractivity contribution in [2.45, 2.75) is 13.5 Å². The molecule has 0 saturated heterocycles. The van der Waals surface area contributed by atoms with Crippen LogP contribution in [0.3, 0.4) is 0 Å². The molecule has 1 amide bonds. The Morgan fingerprint density at radius 2 is 1.86 bits per heavy atom. The van der Waals surface area contributed by atoms with Gasteiger partial charge in [-0.25, -0.2) is 9.59 Å². The molecular weight excluding hydrogens is 388 g/mol. The molecule has 148 valence electrons. The molecule has 2 aromatic rings. The van der Waals surface area contributed by atoms with Crippen LogP contribution < -0.4 is 10.3 Å². The molecule has 0 aromatic heterocycles. The van der Waals surface area contributed by atoms with Gasteiger partial charge in [0.25, 0.3) is 0 Å². The van der Waals surface area contributed by atoms with Crippen molar-refractivity contribution in [2.75, 3.05) is 14.2 Å². The number of nitrogens with zero attached hydrogens (tertiary/aromatic N) is 1. The summed E-state index contributed by atoms with van der Waals surface area (Å²) in [6.45, 7) is 1.82. The first kappa shape index (κ1) is 21.0. The van der Waals surface area contributed by atoms with Gasteiger partial charge in [0, 0.05) is 11.1 Å². The SMILES string of the molecule is COC(=O)NOc1cc(C(C)=NOCc2ccccc2C(=O)OC)ccc1Cl. The lowest BCUT2D eigenvalue weighted by atomic mass is 10.1. The number of methoxy groups -OCH3 is 2. The Bertz CT molecular complexity index is 884. The molecule has 0 heterocycles. The highest BCUT2D eigenvalue weighted by Crippen LogP contribution is 2.25. The van der Waals surface area contributed by atoms with Gasteiger partial charge in [-0.15, -0.1) is 0 Å². The largest absolute Gasteiger partial charge is 0.465 e. The summed E-state index contributed by atoms with van der Waals surface area (Å²) in [6.07, 6.45) is -0.764. The van der Waals surface area contributed by atoms with E-state index in [9.17, 15) is 9.59 Å². The zero-order chi connectivity index (χ0) is 20.5. The number of oxime groups is 1. The normalized spacial score (nSPS) is 10.8. The zero-order valence-corrected chi connectivity index (χ0v) is 16.3. The van der Waals surface area contributed by atoms with Crippen molar-refractivity contribution in [3.63, 3.8) is 0 Å². The standard InChI is InChI=1S/C19H19ClN2O6/c1-12(13-8-9-16(20)17(10-13)28-22-19(24)26-3)21-27-11-14-6-4-5-7-15(14)18(23)25-2/h4-10H,11H2,1-3H3,(H,22,24). The third-order valence-electron chi connectivity index (χ3n) is 3.62. The maximum atomic E-state index is 11.8. The van der Waals surface area contributed by atoms with Gasteiger partial charge in [-0.1, -0.05) is 41.0 Å². The number of halogens is 1. The zero-order valence-electron chi connectivity index (χ0n) is 15.5. The number of esters is 1. The molecule has 28 heavy (non-hydrogen) atoms. The molecule has 0 radical (unpaired) electrons. The highest BCUT2D eigenvalue weighted by molar-refractivity contribution is 6.32. The number of benzene rings is 2. The second-order valence-electron chi connectivity index (χ2n) is 5.44. The van der Waals surface area contributed by atoms with Crippen molar-refractivity contribution in [2.24, 2.45) is 5.16 Å². The van der Waals surface area contributed by atoms with E-state index in [4.69, 9.17) is 26.0 Å². The van der Waals surface area contributed by atoms with Crippen LogP contribution in [0, 0.1) is 0 Å². The van der Waals surface area contributed by atoms with E-state index < -0.39 is 12.1 Å². The van der Waals surface area contributed by atoms with Crippen LogP contribution >= 0.6 is 11.6 Å². The van der Waals surface area contributed by atoms with Gasteiger partial charge < -0.3 is 19.1 Å². The van der Waals surface area contributed by atoms with E-state index in [2.05, 4.69) is 15.4 Å². The van der Waals surface area contributed by atoms with Crippen LogP contribution in [0.1, 0.15) is 28.4 Å². The minimum Gasteiger partial charge on any atom is -0.465 e. The Labute approximate surface area is 166 Å². The van der Waals surface area contributed by atoms with Crippen molar-refractivity contribution in [3.8, 4) is 5.75 Å². The van der Waals surface area contributed by atoms with Gasteiger partial charge in [0.15, 0.2) is 5.75 Å². The first-order chi connectivity index (χ1) is 13.5. The summed E-state index contributed by atoms with van der Waals surface area (Å²) in [5.74, 6) is -0.229. The monoisotopic (exact) mass is 406 g/mol. The number of hydrogen-bond acceptors (Lipinski definition) is 7. The minimum absolute atomic E-state index is 0.0868. The fourth-order valence-electron chi connectivity index (χ4n) is 2.15. The van der Waals surface area contributed by atoms with Crippen LogP contribution in [0.2, 0.25) is 5.02 Å². The van der Waals surface area contributed by atoms with Crippen LogP contribution in [0.4, 0.5) is 4.79 Å². The fraction of sp³-hybridized carbons (Fsp3) is 0.211. The Balaban J connectivity index is 2.08. The third kappa shape index (κ3) is 5.62. The summed E-state index contributed by atoms with van der Waals surface area (Å²) in [4.78, 5) is 33.4. The molecule has 0 atom stereocenters. The van der Waals surface area contributed by atoms with Gasteiger partial charge >= 0.3 is 12.1 Å². The average molecular weight is 407 g/mol. The molecule has 2 rings (SSSR count). The number of carbonyl (C=O) groups excluding carboxylic acids is 2. The number of nitrogens with one attached hydrogen (secondary N) is 1. The number of rotatable bonds is 7. The summed E-state index contributed by atoms with van der Waals surface area (Å²) < 4.78 is 9.17. The van der Waals surface area contributed by atoms with E-state index in [0.717, 1.165) is 0 Å². The summed E-state index contributed by atoms with van der Waals surface area (Å²) in [6, 6.07) is 11.8. The van der Waals surface area contributed by atoms with Crippen LogP contribution in [-0.2, 0) is 20.9 Å². The van der Waals surface area contributed by atoms with Gasteiger partial charge in [-0.3, -0.25) is 0 Å². The molecule has 2 aromatic carbocycles. The predicted molar refractivity (Wildman–Crippen MR) is 102 cm³/mol. The lowest BCUT2D eigenvalue weighted by Gasteiger charge is -2.10. The molecule has 0 fully saturated rings. The van der Waals surface area contributed by atoms with Crippen molar-refractivity contribution in [1.82, 2.24) is 5.48 Å². The topological polar surface area (TPSA) is 95.5 Å². The third-order valence-corrected chi connectivity index (χ3v) is 3.94. The highest BCUT2D eigenvalue weighted by Gasteiger charge is 2.12. The highest BCUT2D eigenvalue weighted by atomic mass is 35.5. The molecule has 0 saturated carbocycles. The Kier molecular flexibility index (Phi) is 7.65. The van der Waals surface area contributed by atoms with Crippen molar-refractivity contribution < 1.29 is 28.7 Å². The van der Waals surface area contributed by atoms with Crippen LogP contribution in [-0.4, -0.2) is 32.0 Å². The molecule has 0 bridgehead atoms. The molecule has 0 aliphatic rings. The second-order valence-corrected chi connectivity index (χ2v) is 5.85. The molecule has 0 aliphatic carbocycles. The smallest absolute Gasteiger partial charge is 0.440 e. The average Bonchev–Trinajstić information content (AvgIpc) is 2.72. The Morgan fingerprint density at radius 3 is 2.57 bits per heavy atom. The van der Waals surface area contributed by atoms with Crippen LogP contribution in [0.15, 0.2) is 47.6 Å². The number of hydroxylamine groups is 1. The molecule has 0 aliphatic heterocycles. The van der Waals surface area contributed by atoms with Gasteiger partial charge in [0.2, 0.25) is 0 Å². The summed E-state index contributed by atoms with van der Waals surface area (Å²) in [5.41, 5.74) is 4.34. The number of carbonyl (C=O) groups is 2. The van der Waals surface area contributed by atoms with Gasteiger partial charge in [0.05, 0.1) is 30.5 Å². The maximum Gasteiger partial charge on any atom is 0.440 e. The minimum atomic E-state index is -0.764. The van der Waals surface area contributed by atoms with E-state index in [1.165, 1.54) is 14.2 Å². The lowest BCUT2D eigenvalue weighted by molar-refractivity contribution is 0.0593. The molecule has 8 nitrogen and oxygen atoms in total. The van der Waals surface area contributed by atoms with Gasteiger partial charge in [0.1, 0.15) is 6.61 Å². The Morgan fingerprint density at radius 1 is 1.11 bits per heavy atom. The maximum absolute atomic E-state index is 11.8. The van der Waals surface area contributed by atoms with Crippen molar-refractivity contribution in [1.29, 1.82) is 0 Å². The quantitative estimate of drug-likeness (QED) is 0.427. The number of ether oxygens (including phenoxy) is 2. The van der Waals surface area contributed by atoms with E-state index in [0.29, 0.717) is 27.4 Å². The summed E-state index contributed by atoms with van der Waals surface area (Å²) in [7, 11) is 2.53. The van der Waals surface area contributed by atoms with Crippen LogP contribution in [0.5, 0.6) is 5.75 Å². The van der Waals surface area contributed by atoms with E-state index >= 15 is 0 Å². The van der Waals surface area contributed by atoms with Crippen LogP contribution in [0.25, 0.3) is 0 Å². The van der Waals surface area contributed by atoms with Gasteiger partial charge in [-0.2, -0.15) is 5.48 Å². The predicted octanol–water partition coefficient (Wildman–Crippen LogP) is 3.72. The van der Waals surface area contributed by atoms with E-state index in [-0.39, 0.29) is 12.4 Å². The number of amides is 1. The Hall–Kier alpha value is -3.26. The molecule has 1 N–H and O–H groups in total. The number of hydrogen-bond donors (Lipinski definition) is 1. The molecule has 0 spiro atoms. The molecular formula is C19H19ClN2O6. The molecule has 9 heteroatoms. The summed E-state index contributed by atoms with van der Waals surface area (Å²) in [5, 5.41) is 4.34. The first-order valence-corrected chi connectivity index (χ1v) is 8.47. The molecule has 0 unspecified atom stereocenters. The lowest BCUT2D eigenvalue weighted by Crippen LogP contribution is -2.26. The van der Waals surface area contributed by atoms with E-state index in [1.54, 1.807) is 49.4 Å². The van der Waals surface area contributed by atoms with Gasteiger partial charge in [-0.05, 0) is 25.1 Å². The van der Waals surface area contributed by atoms with Crippen molar-refractivity contribution >= 4 is 29.4 Å². The van der Waals surface area contributed by atoms with E-state index in [1.807, 2.05) is 0 Å².